The number of benzene rings is 2. The highest BCUT2D eigenvalue weighted by Crippen LogP contribution is 2.34. The van der Waals surface area contributed by atoms with Crippen molar-refractivity contribution in [3.05, 3.63) is 77.6 Å². The first-order chi connectivity index (χ1) is 16.9. The van der Waals surface area contributed by atoms with E-state index in [0.29, 0.717) is 24.2 Å². The zero-order chi connectivity index (χ0) is 24.6. The molecule has 180 valence electrons. The monoisotopic (exact) mass is 472 g/mol. The predicted molar refractivity (Wildman–Crippen MR) is 129 cm³/mol. The molecule has 0 bridgehead atoms. The summed E-state index contributed by atoms with van der Waals surface area (Å²) in [5.74, 6) is 0.503. The topological polar surface area (TPSA) is 105 Å². The molecule has 1 atom stereocenters. The molecule has 5 rings (SSSR count). The van der Waals surface area contributed by atoms with E-state index >= 15 is 0 Å². The Bertz CT molecular complexity index is 1240. The molecule has 2 fully saturated rings. The zero-order valence-electron chi connectivity index (χ0n) is 19.8. The second kappa shape index (κ2) is 9.02. The van der Waals surface area contributed by atoms with Gasteiger partial charge in [-0.15, -0.1) is 0 Å². The van der Waals surface area contributed by atoms with E-state index in [9.17, 15) is 14.4 Å². The minimum absolute atomic E-state index is 0.0453. The third kappa shape index (κ3) is 4.09. The summed E-state index contributed by atoms with van der Waals surface area (Å²) in [6.45, 7) is 5.01. The molecule has 2 aliphatic heterocycles. The Balaban J connectivity index is 1.24. The van der Waals surface area contributed by atoms with Crippen LogP contribution in [-0.4, -0.2) is 41.0 Å². The van der Waals surface area contributed by atoms with Crippen LogP contribution in [0.3, 0.4) is 0 Å². The molecule has 2 aromatic carbocycles. The molecular weight excluding hydrogens is 444 g/mol. The average Bonchev–Trinajstić information content (AvgIpc) is 3.49. The SMILES string of the molecule is CC(C)[C@]1(c2ccc(C(=O)N3CCC(c4cc(-c5ccccc5)no4)CC3)cc2)NC(=O)NC1=O. The first kappa shape index (κ1) is 22.8. The van der Waals surface area contributed by atoms with Crippen LogP contribution >= 0.6 is 0 Å². The lowest BCUT2D eigenvalue weighted by Crippen LogP contribution is -2.48. The second-order valence-electron chi connectivity index (χ2n) is 9.50. The third-order valence-electron chi connectivity index (χ3n) is 7.13. The lowest BCUT2D eigenvalue weighted by molar-refractivity contribution is -0.125. The average molecular weight is 473 g/mol. The van der Waals surface area contributed by atoms with Gasteiger partial charge in [-0.3, -0.25) is 14.9 Å². The predicted octanol–water partition coefficient (Wildman–Crippen LogP) is 4.05. The van der Waals surface area contributed by atoms with Crippen LogP contribution in [0, 0.1) is 5.92 Å². The van der Waals surface area contributed by atoms with Gasteiger partial charge in [-0.2, -0.15) is 0 Å². The fourth-order valence-corrected chi connectivity index (χ4v) is 5.06. The number of aromatic nitrogens is 1. The Hall–Kier alpha value is -3.94. The van der Waals surface area contributed by atoms with E-state index in [-0.39, 0.29) is 23.7 Å². The van der Waals surface area contributed by atoms with Crippen molar-refractivity contribution in [2.24, 2.45) is 5.92 Å². The van der Waals surface area contributed by atoms with Gasteiger partial charge in [0.05, 0.1) is 0 Å². The molecule has 0 saturated carbocycles. The van der Waals surface area contributed by atoms with Crippen LogP contribution in [0.25, 0.3) is 11.3 Å². The number of rotatable bonds is 5. The zero-order valence-corrected chi connectivity index (χ0v) is 19.8. The van der Waals surface area contributed by atoms with E-state index in [4.69, 9.17) is 4.52 Å². The first-order valence-electron chi connectivity index (χ1n) is 11.9. The van der Waals surface area contributed by atoms with E-state index < -0.39 is 11.6 Å². The molecule has 3 aromatic rings. The Morgan fingerprint density at radius 1 is 1.06 bits per heavy atom. The molecule has 3 heterocycles. The smallest absolute Gasteiger partial charge is 0.322 e. The Kier molecular flexibility index (Phi) is 5.88. The number of imide groups is 1. The highest BCUT2D eigenvalue weighted by molar-refractivity contribution is 6.07. The quantitative estimate of drug-likeness (QED) is 0.545. The molecule has 4 amide bonds. The number of likely N-dealkylation sites (tertiary alicyclic amines) is 1. The van der Waals surface area contributed by atoms with Crippen molar-refractivity contribution in [2.45, 2.75) is 38.1 Å². The number of piperidine rings is 1. The molecule has 2 N–H and O–H groups in total. The largest absolute Gasteiger partial charge is 0.360 e. The standard InChI is InChI=1S/C27H28N4O4/c1-17(2)27(25(33)28-26(34)29-27)21-10-8-20(9-11-21)24(32)31-14-12-19(13-15-31)23-16-22(30-35-23)18-6-4-3-5-7-18/h3-11,16-17,19H,12-15H2,1-2H3,(H2,28,29,33,34)/t27-/m1/s1. The van der Waals surface area contributed by atoms with Crippen molar-refractivity contribution >= 4 is 17.8 Å². The molecular formula is C27H28N4O4. The maximum absolute atomic E-state index is 13.1. The Morgan fingerprint density at radius 2 is 1.74 bits per heavy atom. The number of carbonyl (C=O) groups is 3. The molecule has 2 saturated heterocycles. The highest BCUT2D eigenvalue weighted by atomic mass is 16.5. The van der Waals surface area contributed by atoms with Crippen molar-refractivity contribution in [3.63, 3.8) is 0 Å². The minimum atomic E-state index is -1.13. The summed E-state index contributed by atoms with van der Waals surface area (Å²) in [5.41, 5.74) is 1.93. The fraction of sp³-hybridized carbons (Fsp3) is 0.333. The van der Waals surface area contributed by atoms with Gasteiger partial charge < -0.3 is 14.7 Å². The number of nitrogens with zero attached hydrogens (tertiary/aromatic N) is 2. The molecule has 8 nitrogen and oxygen atoms in total. The molecule has 1 aromatic heterocycles. The van der Waals surface area contributed by atoms with E-state index in [1.54, 1.807) is 24.3 Å². The van der Waals surface area contributed by atoms with Crippen LogP contribution in [0.15, 0.2) is 65.2 Å². The highest BCUT2D eigenvalue weighted by Gasteiger charge is 2.50. The van der Waals surface area contributed by atoms with Crippen molar-refractivity contribution in [1.82, 2.24) is 20.7 Å². The van der Waals surface area contributed by atoms with Gasteiger partial charge in [-0.05, 0) is 36.5 Å². The van der Waals surface area contributed by atoms with Gasteiger partial charge in [0.1, 0.15) is 17.0 Å². The lowest BCUT2D eigenvalue weighted by atomic mass is 9.79. The van der Waals surface area contributed by atoms with Crippen LogP contribution in [0.5, 0.6) is 0 Å². The number of hydrogen-bond acceptors (Lipinski definition) is 5. The number of carbonyl (C=O) groups excluding carboxylic acids is 3. The number of hydrogen-bond donors (Lipinski definition) is 2. The van der Waals surface area contributed by atoms with Crippen molar-refractivity contribution in [1.29, 1.82) is 0 Å². The van der Waals surface area contributed by atoms with E-state index in [1.165, 1.54) is 0 Å². The normalized spacial score (nSPS) is 20.7. The van der Waals surface area contributed by atoms with Crippen LogP contribution in [0.1, 0.15) is 54.3 Å². The van der Waals surface area contributed by atoms with Gasteiger partial charge in [0.25, 0.3) is 11.8 Å². The Morgan fingerprint density at radius 3 is 2.34 bits per heavy atom. The number of nitrogens with one attached hydrogen (secondary N) is 2. The van der Waals surface area contributed by atoms with E-state index in [0.717, 1.165) is 29.9 Å². The number of urea groups is 1. The molecule has 8 heteroatoms. The summed E-state index contributed by atoms with van der Waals surface area (Å²) in [7, 11) is 0. The summed E-state index contributed by atoms with van der Waals surface area (Å²) in [6.07, 6.45) is 1.60. The van der Waals surface area contributed by atoms with Crippen LogP contribution in [0.4, 0.5) is 4.79 Å². The summed E-state index contributed by atoms with van der Waals surface area (Å²) in [6, 6.07) is 18.4. The van der Waals surface area contributed by atoms with Crippen molar-refractivity contribution in [2.75, 3.05) is 13.1 Å². The van der Waals surface area contributed by atoms with Gasteiger partial charge in [0.15, 0.2) is 0 Å². The summed E-state index contributed by atoms with van der Waals surface area (Å²) in [5, 5.41) is 9.32. The third-order valence-corrected chi connectivity index (χ3v) is 7.13. The maximum Gasteiger partial charge on any atom is 0.322 e. The second-order valence-corrected chi connectivity index (χ2v) is 9.50. The molecule has 2 aliphatic rings. The number of amides is 4. The van der Waals surface area contributed by atoms with Crippen molar-refractivity contribution < 1.29 is 18.9 Å². The minimum Gasteiger partial charge on any atom is -0.360 e. The van der Waals surface area contributed by atoms with Gasteiger partial charge in [-0.25, -0.2) is 4.79 Å². The van der Waals surface area contributed by atoms with Gasteiger partial charge in [-0.1, -0.05) is 61.5 Å². The van der Waals surface area contributed by atoms with Crippen LogP contribution in [0.2, 0.25) is 0 Å². The van der Waals surface area contributed by atoms with E-state index in [2.05, 4.69) is 15.8 Å². The molecule has 35 heavy (non-hydrogen) atoms. The van der Waals surface area contributed by atoms with E-state index in [1.807, 2.05) is 55.1 Å². The lowest BCUT2D eigenvalue weighted by Gasteiger charge is -2.32. The summed E-state index contributed by atoms with van der Waals surface area (Å²) >= 11 is 0. The molecule has 0 unspecified atom stereocenters. The summed E-state index contributed by atoms with van der Waals surface area (Å²) in [4.78, 5) is 39.4. The summed E-state index contributed by atoms with van der Waals surface area (Å²) < 4.78 is 5.63. The van der Waals surface area contributed by atoms with Crippen LogP contribution < -0.4 is 10.6 Å². The Labute approximate surface area is 203 Å². The van der Waals surface area contributed by atoms with Gasteiger partial charge in [0.2, 0.25) is 0 Å². The first-order valence-corrected chi connectivity index (χ1v) is 11.9. The molecule has 0 aliphatic carbocycles. The van der Waals surface area contributed by atoms with Crippen molar-refractivity contribution in [3.8, 4) is 11.3 Å². The van der Waals surface area contributed by atoms with Gasteiger partial charge >= 0.3 is 6.03 Å². The molecule has 0 spiro atoms. The molecule has 0 radical (unpaired) electrons. The van der Waals surface area contributed by atoms with Crippen LogP contribution in [-0.2, 0) is 10.3 Å². The maximum atomic E-state index is 13.1. The fourth-order valence-electron chi connectivity index (χ4n) is 5.06. The van der Waals surface area contributed by atoms with Gasteiger partial charge in [0, 0.05) is 36.2 Å².